The Hall–Kier alpha value is -3.16. The first-order chi connectivity index (χ1) is 21.6. The molecule has 12 nitrogen and oxygen atoms in total. The Morgan fingerprint density at radius 2 is 0.889 bits per heavy atom. The quantitative estimate of drug-likeness (QED) is 0.0396. The minimum absolute atomic E-state index is 0.0655. The van der Waals surface area contributed by atoms with Gasteiger partial charge in [-0.2, -0.15) is 0 Å². The van der Waals surface area contributed by atoms with Gasteiger partial charge in [-0.1, -0.05) is 0 Å². The third kappa shape index (κ3) is 21.3. The van der Waals surface area contributed by atoms with Crippen molar-refractivity contribution >= 4 is 55.4 Å². The van der Waals surface area contributed by atoms with E-state index in [1.807, 2.05) is 34.6 Å². The van der Waals surface area contributed by atoms with E-state index in [0.29, 0.717) is 38.5 Å². The number of rotatable bonds is 24. The topological polar surface area (TPSA) is 158 Å². The fourth-order valence-corrected chi connectivity index (χ4v) is 9.97. The molecule has 0 radical (unpaired) electrons. The van der Waals surface area contributed by atoms with Crippen LogP contribution in [0.1, 0.15) is 105 Å². The molecule has 0 aliphatic heterocycles. The van der Waals surface area contributed by atoms with Crippen LogP contribution in [0.25, 0.3) is 0 Å². The van der Waals surface area contributed by atoms with Gasteiger partial charge in [0.05, 0.1) is 0 Å². The van der Waals surface area contributed by atoms with Gasteiger partial charge >= 0.3 is 273 Å². The summed E-state index contributed by atoms with van der Waals surface area (Å²) in [4.78, 5) is 75.4. The molecule has 0 rings (SSSR count). The standard InChI is InChI=1S/C12H20O4.2C8H12O4.C4H9.Sn/c1-3-5-7-10(9-11(13)14)12(15)16-8-6-4-2;2*1-2-3-6-12-8(11)5-4-7(9)10;1-3-4-2;/h9H,3-8H2,1-2H3,(H,13,14);2*4-5H,2-3,6H2,1H3,(H,9,10);1,3-4H2,2H3;/q;;;;+3/p-3/b10-9-;2*5-4-;;. The van der Waals surface area contributed by atoms with Crippen LogP contribution in [0.5, 0.6) is 0 Å². The van der Waals surface area contributed by atoms with Crippen LogP contribution in [0.15, 0.2) is 36.0 Å². The van der Waals surface area contributed by atoms with Gasteiger partial charge in [0, 0.05) is 0 Å². The summed E-state index contributed by atoms with van der Waals surface area (Å²) in [6.07, 6.45) is 11.1. The zero-order chi connectivity index (χ0) is 33.9. The Kier molecular flexibility index (Phi) is 24.3. The van der Waals surface area contributed by atoms with E-state index in [9.17, 15) is 28.8 Å². The van der Waals surface area contributed by atoms with Gasteiger partial charge in [0.2, 0.25) is 0 Å². The van der Waals surface area contributed by atoms with Crippen LogP contribution in [0.2, 0.25) is 4.44 Å². The van der Waals surface area contributed by atoms with E-state index < -0.39 is 55.4 Å². The Bertz CT molecular complexity index is 985. The van der Waals surface area contributed by atoms with Crippen molar-refractivity contribution in [1.82, 2.24) is 0 Å². The third-order valence-corrected chi connectivity index (χ3v) is 13.0. The van der Waals surface area contributed by atoms with Crippen molar-refractivity contribution < 1.29 is 52.2 Å². The second-order valence-electron chi connectivity index (χ2n) is 10.0. The Morgan fingerprint density at radius 1 is 0.489 bits per heavy atom. The molecular formula is C32H50O12Sn. The van der Waals surface area contributed by atoms with Gasteiger partial charge < -0.3 is 0 Å². The number of ether oxygens (including phenoxy) is 3. The molecule has 0 saturated heterocycles. The molecule has 0 heterocycles. The van der Waals surface area contributed by atoms with E-state index in [-0.39, 0.29) is 36.3 Å². The SMILES string of the molecule is CCCCOC(=O)/C=C\C(=O)[O][Sn]([CH2]CCC)([O]C(=O)/C=C\C(=O)OCCCC)[O]C(=O)/C=C(/CCCC)C(=O)OCCCC. The molecule has 13 heteroatoms. The van der Waals surface area contributed by atoms with Gasteiger partial charge in [-0.3, -0.25) is 0 Å². The fourth-order valence-electron chi connectivity index (χ4n) is 3.31. The van der Waals surface area contributed by atoms with Crippen LogP contribution in [0.4, 0.5) is 0 Å². The van der Waals surface area contributed by atoms with E-state index in [1.54, 1.807) is 0 Å². The molecule has 0 aromatic carbocycles. The molecule has 0 aromatic heterocycles. The second-order valence-corrected chi connectivity index (χ2v) is 17.1. The molecule has 0 bridgehead atoms. The molecule has 0 aliphatic rings. The molecule has 45 heavy (non-hydrogen) atoms. The molecular weight excluding hydrogens is 695 g/mol. The maximum absolute atomic E-state index is 13.2. The zero-order valence-electron chi connectivity index (χ0n) is 27.4. The molecule has 0 spiro atoms. The van der Waals surface area contributed by atoms with Crippen molar-refractivity contribution in [1.29, 1.82) is 0 Å². The summed E-state index contributed by atoms with van der Waals surface area (Å²) in [5.74, 6) is -5.46. The molecule has 0 fully saturated rings. The van der Waals surface area contributed by atoms with Crippen LogP contribution in [-0.2, 0) is 52.2 Å². The fraction of sp³-hybridized carbons (Fsp3) is 0.625. The summed E-state index contributed by atoms with van der Waals surface area (Å²) in [5.41, 5.74) is 0.0655. The first kappa shape index (κ1) is 41.8. The van der Waals surface area contributed by atoms with Gasteiger partial charge in [-0.25, -0.2) is 0 Å². The summed E-state index contributed by atoms with van der Waals surface area (Å²) in [7, 11) is 0. The number of carbonyl (C=O) groups is 6. The molecule has 0 saturated carbocycles. The Labute approximate surface area is 272 Å². The van der Waals surface area contributed by atoms with Gasteiger partial charge in [0.1, 0.15) is 0 Å². The number of hydrogen-bond acceptors (Lipinski definition) is 12. The van der Waals surface area contributed by atoms with Crippen molar-refractivity contribution in [2.45, 2.75) is 110 Å². The number of hydrogen-bond donors (Lipinski definition) is 0. The van der Waals surface area contributed by atoms with Crippen LogP contribution in [0, 0.1) is 0 Å². The van der Waals surface area contributed by atoms with Crippen LogP contribution in [0.3, 0.4) is 0 Å². The molecule has 0 aliphatic carbocycles. The summed E-state index contributed by atoms with van der Waals surface area (Å²) in [6, 6.07) is 0. The third-order valence-electron chi connectivity index (χ3n) is 5.89. The Balaban J connectivity index is 6.26. The second kappa shape index (κ2) is 26.1. The van der Waals surface area contributed by atoms with Crippen LogP contribution < -0.4 is 0 Å². The molecule has 0 amide bonds. The van der Waals surface area contributed by atoms with Gasteiger partial charge in [0.15, 0.2) is 0 Å². The van der Waals surface area contributed by atoms with E-state index in [2.05, 4.69) is 0 Å². The first-order valence-corrected chi connectivity index (χ1v) is 21.3. The molecule has 254 valence electrons. The van der Waals surface area contributed by atoms with Gasteiger partial charge in [-0.05, 0) is 0 Å². The average molecular weight is 745 g/mol. The summed E-state index contributed by atoms with van der Waals surface area (Å²) in [5, 5.41) is 0. The number of carbonyl (C=O) groups excluding carboxylic acids is 6. The predicted octanol–water partition coefficient (Wildman–Crippen LogP) is 5.61. The molecule has 0 unspecified atom stereocenters. The van der Waals surface area contributed by atoms with E-state index in [1.165, 1.54) is 0 Å². The van der Waals surface area contributed by atoms with Gasteiger partial charge in [-0.15, -0.1) is 0 Å². The zero-order valence-corrected chi connectivity index (χ0v) is 30.2. The summed E-state index contributed by atoms with van der Waals surface area (Å²) >= 11 is -5.51. The van der Waals surface area contributed by atoms with Gasteiger partial charge in [0.25, 0.3) is 0 Å². The minimum atomic E-state index is -5.51. The molecule has 0 N–H and O–H groups in total. The predicted molar refractivity (Wildman–Crippen MR) is 167 cm³/mol. The van der Waals surface area contributed by atoms with E-state index >= 15 is 0 Å². The van der Waals surface area contributed by atoms with Crippen molar-refractivity contribution in [3.8, 4) is 0 Å². The van der Waals surface area contributed by atoms with Crippen molar-refractivity contribution in [2.75, 3.05) is 19.8 Å². The van der Waals surface area contributed by atoms with Crippen molar-refractivity contribution in [3.63, 3.8) is 0 Å². The normalized spacial score (nSPS) is 11.7. The average Bonchev–Trinajstić information content (AvgIpc) is 3.00. The van der Waals surface area contributed by atoms with Crippen LogP contribution >= 0.6 is 0 Å². The number of unbranched alkanes of at least 4 members (excludes halogenated alkanes) is 5. The Morgan fingerprint density at radius 3 is 1.33 bits per heavy atom. The monoisotopic (exact) mass is 746 g/mol. The molecule has 0 aromatic rings. The van der Waals surface area contributed by atoms with Crippen molar-refractivity contribution in [3.05, 3.63) is 36.0 Å². The maximum atomic E-state index is 13.2. The summed E-state index contributed by atoms with van der Waals surface area (Å²) < 4.78 is 31.9. The van der Waals surface area contributed by atoms with Crippen LogP contribution in [-0.4, -0.2) is 75.3 Å². The van der Waals surface area contributed by atoms with Crippen molar-refractivity contribution in [2.24, 2.45) is 0 Å². The molecule has 0 atom stereocenters. The van der Waals surface area contributed by atoms with E-state index in [0.717, 1.165) is 56.1 Å². The first-order valence-electron chi connectivity index (χ1n) is 15.8. The van der Waals surface area contributed by atoms with E-state index in [4.69, 9.17) is 23.4 Å². The summed E-state index contributed by atoms with van der Waals surface area (Å²) in [6.45, 7) is 10.1. The number of esters is 3.